The third-order valence-electron chi connectivity index (χ3n) is 4.86. The fourth-order valence-electron chi connectivity index (χ4n) is 3.74. The molecule has 1 N–H and O–H groups in total. The number of carbonyl (C=O) groups is 2. The molecule has 0 radical (unpaired) electrons. The highest BCUT2D eigenvalue weighted by Gasteiger charge is 2.51. The van der Waals surface area contributed by atoms with Crippen LogP contribution in [0.25, 0.3) is 0 Å². The van der Waals surface area contributed by atoms with Crippen molar-refractivity contribution in [2.45, 2.75) is 57.2 Å². The van der Waals surface area contributed by atoms with E-state index in [9.17, 15) is 9.59 Å². The average Bonchev–Trinajstić information content (AvgIpc) is 3.06. The van der Waals surface area contributed by atoms with E-state index in [1.54, 1.807) is 4.90 Å². The molecule has 0 unspecified atom stereocenters. The van der Waals surface area contributed by atoms with Gasteiger partial charge in [-0.05, 0) is 40.0 Å². The molecule has 3 saturated heterocycles. The smallest absolute Gasteiger partial charge is 0.410 e. The Morgan fingerprint density at radius 3 is 2.61 bits per heavy atom. The number of carbonyl (C=O) groups excluding carboxylic acids is 2. The SMILES string of the molecule is CC(C)(C)OC(=O)N1CCC(N2C(=O)NC[C@@]23CCOC3)CC1. The van der Waals surface area contributed by atoms with Crippen LogP contribution in [0.3, 0.4) is 0 Å². The molecule has 0 aromatic rings. The van der Waals surface area contributed by atoms with Crippen molar-refractivity contribution in [3.8, 4) is 0 Å². The van der Waals surface area contributed by atoms with Crippen LogP contribution >= 0.6 is 0 Å². The van der Waals surface area contributed by atoms with Crippen molar-refractivity contribution in [3.05, 3.63) is 0 Å². The molecule has 3 amide bonds. The van der Waals surface area contributed by atoms with Gasteiger partial charge in [0.05, 0.1) is 12.1 Å². The van der Waals surface area contributed by atoms with Crippen LogP contribution in [0.15, 0.2) is 0 Å². The second kappa shape index (κ2) is 5.85. The summed E-state index contributed by atoms with van der Waals surface area (Å²) in [4.78, 5) is 28.2. The number of urea groups is 1. The van der Waals surface area contributed by atoms with Crippen LogP contribution in [-0.4, -0.2) is 72.0 Å². The van der Waals surface area contributed by atoms with Crippen LogP contribution < -0.4 is 5.32 Å². The molecule has 23 heavy (non-hydrogen) atoms. The van der Waals surface area contributed by atoms with Gasteiger partial charge in [0.2, 0.25) is 0 Å². The Morgan fingerprint density at radius 2 is 2.04 bits per heavy atom. The molecule has 0 aliphatic carbocycles. The van der Waals surface area contributed by atoms with Gasteiger partial charge < -0.3 is 24.6 Å². The van der Waals surface area contributed by atoms with Crippen molar-refractivity contribution in [2.24, 2.45) is 0 Å². The zero-order valence-corrected chi connectivity index (χ0v) is 14.3. The molecule has 3 fully saturated rings. The molecule has 0 aromatic heterocycles. The maximum Gasteiger partial charge on any atom is 0.410 e. The Labute approximate surface area is 137 Å². The van der Waals surface area contributed by atoms with Gasteiger partial charge in [0, 0.05) is 32.3 Å². The minimum absolute atomic E-state index is 0.00576. The van der Waals surface area contributed by atoms with Gasteiger partial charge >= 0.3 is 12.1 Å². The van der Waals surface area contributed by atoms with E-state index in [1.165, 1.54) is 0 Å². The average molecular weight is 325 g/mol. The van der Waals surface area contributed by atoms with E-state index in [2.05, 4.69) is 5.32 Å². The summed E-state index contributed by atoms with van der Waals surface area (Å²) in [5, 5.41) is 2.97. The normalized spacial score (nSPS) is 29.3. The van der Waals surface area contributed by atoms with E-state index in [0.29, 0.717) is 32.8 Å². The number of hydrogen-bond acceptors (Lipinski definition) is 4. The molecule has 0 bridgehead atoms. The first-order valence-corrected chi connectivity index (χ1v) is 8.44. The number of nitrogens with one attached hydrogen (secondary N) is 1. The Kier molecular flexibility index (Phi) is 4.16. The first-order chi connectivity index (χ1) is 10.8. The van der Waals surface area contributed by atoms with E-state index >= 15 is 0 Å². The lowest BCUT2D eigenvalue weighted by Crippen LogP contribution is -2.56. The first kappa shape index (κ1) is 16.4. The quantitative estimate of drug-likeness (QED) is 0.794. The van der Waals surface area contributed by atoms with Crippen LogP contribution in [0.4, 0.5) is 9.59 Å². The summed E-state index contributed by atoms with van der Waals surface area (Å²) in [5.74, 6) is 0. The molecule has 3 aliphatic rings. The Morgan fingerprint density at radius 1 is 1.35 bits per heavy atom. The summed E-state index contributed by atoms with van der Waals surface area (Å²) in [6.07, 6.45) is 2.20. The number of likely N-dealkylation sites (tertiary alicyclic amines) is 1. The topological polar surface area (TPSA) is 71.1 Å². The summed E-state index contributed by atoms with van der Waals surface area (Å²) in [7, 11) is 0. The number of amides is 3. The Balaban J connectivity index is 1.60. The van der Waals surface area contributed by atoms with Crippen LogP contribution in [0.5, 0.6) is 0 Å². The van der Waals surface area contributed by atoms with Crippen molar-refractivity contribution in [1.82, 2.24) is 15.1 Å². The minimum atomic E-state index is -0.478. The van der Waals surface area contributed by atoms with Gasteiger partial charge in [0.1, 0.15) is 5.60 Å². The highest BCUT2D eigenvalue weighted by molar-refractivity contribution is 5.78. The standard InChI is InChI=1S/C16H27N3O4/c1-15(2,3)23-14(21)18-7-4-12(5-8-18)19-13(20)17-10-16(19)6-9-22-11-16/h12H,4-11H2,1-3H3,(H,17,20)/t16-/m1/s1. The molecule has 130 valence electrons. The Bertz CT molecular complexity index is 474. The zero-order chi connectivity index (χ0) is 16.7. The number of ether oxygens (including phenoxy) is 2. The zero-order valence-electron chi connectivity index (χ0n) is 14.3. The van der Waals surface area contributed by atoms with Gasteiger partial charge in [-0.2, -0.15) is 0 Å². The fraction of sp³-hybridized carbons (Fsp3) is 0.875. The summed E-state index contributed by atoms with van der Waals surface area (Å²) in [6.45, 7) is 8.85. The molecule has 3 rings (SSSR count). The summed E-state index contributed by atoms with van der Waals surface area (Å²) < 4.78 is 11.0. The lowest BCUT2D eigenvalue weighted by atomic mass is 9.93. The van der Waals surface area contributed by atoms with E-state index < -0.39 is 5.60 Å². The monoisotopic (exact) mass is 325 g/mol. The minimum Gasteiger partial charge on any atom is -0.444 e. The van der Waals surface area contributed by atoms with Gasteiger partial charge in [-0.25, -0.2) is 9.59 Å². The van der Waals surface area contributed by atoms with E-state index in [-0.39, 0.29) is 23.7 Å². The predicted octanol–water partition coefficient (Wildman–Crippen LogP) is 1.57. The molecule has 0 saturated carbocycles. The molecule has 3 heterocycles. The van der Waals surface area contributed by atoms with Crippen molar-refractivity contribution >= 4 is 12.1 Å². The lowest BCUT2D eigenvalue weighted by Gasteiger charge is -2.42. The molecular formula is C16H27N3O4. The van der Waals surface area contributed by atoms with Crippen LogP contribution in [-0.2, 0) is 9.47 Å². The summed E-state index contributed by atoms with van der Waals surface area (Å²) >= 11 is 0. The second-order valence-corrected chi connectivity index (χ2v) is 7.75. The van der Waals surface area contributed by atoms with Crippen molar-refractivity contribution < 1.29 is 19.1 Å². The first-order valence-electron chi connectivity index (χ1n) is 8.44. The molecular weight excluding hydrogens is 298 g/mol. The van der Waals surface area contributed by atoms with Crippen molar-refractivity contribution in [3.63, 3.8) is 0 Å². The van der Waals surface area contributed by atoms with Crippen molar-refractivity contribution in [1.29, 1.82) is 0 Å². The molecule has 1 spiro atoms. The molecule has 7 heteroatoms. The summed E-state index contributed by atoms with van der Waals surface area (Å²) in [5.41, 5.74) is -0.663. The third kappa shape index (κ3) is 3.24. The fourth-order valence-corrected chi connectivity index (χ4v) is 3.74. The highest BCUT2D eigenvalue weighted by Crippen LogP contribution is 2.34. The lowest BCUT2D eigenvalue weighted by molar-refractivity contribution is 0.0112. The van der Waals surface area contributed by atoms with Crippen molar-refractivity contribution in [2.75, 3.05) is 32.8 Å². The van der Waals surface area contributed by atoms with Gasteiger partial charge in [-0.1, -0.05) is 0 Å². The van der Waals surface area contributed by atoms with E-state index in [4.69, 9.17) is 9.47 Å². The van der Waals surface area contributed by atoms with Crippen LogP contribution in [0, 0.1) is 0 Å². The largest absolute Gasteiger partial charge is 0.444 e. The van der Waals surface area contributed by atoms with Gasteiger partial charge in [-0.3, -0.25) is 0 Å². The molecule has 1 atom stereocenters. The molecule has 3 aliphatic heterocycles. The number of rotatable bonds is 1. The summed E-state index contributed by atoms with van der Waals surface area (Å²) in [6, 6.07) is 0.170. The van der Waals surface area contributed by atoms with Gasteiger partial charge in [0.25, 0.3) is 0 Å². The van der Waals surface area contributed by atoms with Crippen LogP contribution in [0.2, 0.25) is 0 Å². The molecule has 7 nitrogen and oxygen atoms in total. The number of nitrogens with zero attached hydrogens (tertiary/aromatic N) is 2. The number of hydrogen-bond donors (Lipinski definition) is 1. The highest BCUT2D eigenvalue weighted by atomic mass is 16.6. The second-order valence-electron chi connectivity index (χ2n) is 7.75. The maximum atomic E-state index is 12.3. The Hall–Kier alpha value is -1.50. The third-order valence-corrected chi connectivity index (χ3v) is 4.86. The molecule has 0 aromatic carbocycles. The van der Waals surface area contributed by atoms with Gasteiger partial charge in [-0.15, -0.1) is 0 Å². The van der Waals surface area contributed by atoms with E-state index in [1.807, 2.05) is 25.7 Å². The van der Waals surface area contributed by atoms with Crippen LogP contribution in [0.1, 0.15) is 40.0 Å². The maximum absolute atomic E-state index is 12.3. The van der Waals surface area contributed by atoms with E-state index in [0.717, 1.165) is 19.3 Å². The predicted molar refractivity (Wildman–Crippen MR) is 84.2 cm³/mol. The van der Waals surface area contributed by atoms with Gasteiger partial charge in [0.15, 0.2) is 0 Å². The number of piperidine rings is 1.